The van der Waals surface area contributed by atoms with E-state index in [1.54, 1.807) is 28.6 Å². The Kier molecular flexibility index (Phi) is 6.93. The molecule has 1 aromatic rings. The molecule has 1 heterocycles. The van der Waals surface area contributed by atoms with Crippen LogP contribution in [0, 0.1) is 0 Å². The van der Waals surface area contributed by atoms with Crippen LogP contribution in [0.25, 0.3) is 0 Å². The van der Waals surface area contributed by atoms with Gasteiger partial charge in [0.25, 0.3) is 5.91 Å². The van der Waals surface area contributed by atoms with Gasteiger partial charge in [-0.25, -0.2) is 8.42 Å². The van der Waals surface area contributed by atoms with Crippen LogP contribution in [0.15, 0.2) is 29.2 Å². The molecule has 0 N–H and O–H groups in total. The van der Waals surface area contributed by atoms with Gasteiger partial charge < -0.3 is 4.90 Å². The number of carbonyl (C=O) groups is 1. The molecule has 0 atom stereocenters. The molecular weight excluding hydrogens is 360 g/mol. The molecule has 27 heavy (non-hydrogen) atoms. The van der Waals surface area contributed by atoms with E-state index >= 15 is 0 Å². The highest BCUT2D eigenvalue weighted by Gasteiger charge is 2.27. The zero-order valence-corrected chi connectivity index (χ0v) is 17.2. The highest BCUT2D eigenvalue weighted by Crippen LogP contribution is 2.24. The minimum Gasteiger partial charge on any atom is -0.339 e. The lowest BCUT2D eigenvalue weighted by Crippen LogP contribution is -2.37. The Balaban J connectivity index is 1.78. The van der Waals surface area contributed by atoms with E-state index in [2.05, 4.69) is 0 Å². The van der Waals surface area contributed by atoms with E-state index in [1.165, 1.54) is 12.8 Å². The number of sulfonamides is 1. The second-order valence-electron chi connectivity index (χ2n) is 7.91. The number of carbonyl (C=O) groups excluding carboxylic acids is 1. The summed E-state index contributed by atoms with van der Waals surface area (Å²) in [4.78, 5) is 15.0. The fraction of sp³-hybridized carbons (Fsp3) is 0.667. The Morgan fingerprint density at radius 1 is 0.963 bits per heavy atom. The van der Waals surface area contributed by atoms with Crippen LogP contribution in [0.2, 0.25) is 0 Å². The molecule has 0 unspecified atom stereocenters. The Morgan fingerprint density at radius 2 is 1.56 bits per heavy atom. The molecule has 1 saturated heterocycles. The maximum atomic E-state index is 13.0. The van der Waals surface area contributed by atoms with Gasteiger partial charge in [-0.1, -0.05) is 44.6 Å². The second kappa shape index (κ2) is 9.20. The van der Waals surface area contributed by atoms with Crippen molar-refractivity contribution < 1.29 is 13.2 Å². The van der Waals surface area contributed by atoms with Gasteiger partial charge in [-0.3, -0.25) is 4.79 Å². The van der Waals surface area contributed by atoms with Crippen LogP contribution >= 0.6 is 0 Å². The summed E-state index contributed by atoms with van der Waals surface area (Å²) in [6, 6.07) is 6.86. The van der Waals surface area contributed by atoms with E-state index < -0.39 is 10.0 Å². The van der Waals surface area contributed by atoms with Crippen LogP contribution in [0.1, 0.15) is 74.6 Å². The molecular formula is C21H32N2O3S. The van der Waals surface area contributed by atoms with Gasteiger partial charge in [0, 0.05) is 31.7 Å². The Labute approximate surface area is 163 Å². The van der Waals surface area contributed by atoms with Crippen LogP contribution in [-0.2, 0) is 10.0 Å². The first-order valence-corrected chi connectivity index (χ1v) is 11.8. The number of hydrogen-bond donors (Lipinski definition) is 0. The number of hydrogen-bond acceptors (Lipinski definition) is 3. The van der Waals surface area contributed by atoms with Crippen molar-refractivity contribution in [1.82, 2.24) is 9.21 Å². The van der Waals surface area contributed by atoms with Gasteiger partial charge in [-0.2, -0.15) is 4.31 Å². The predicted octanol–water partition coefficient (Wildman–Crippen LogP) is 4.05. The number of rotatable bonds is 4. The Hall–Kier alpha value is -1.40. The summed E-state index contributed by atoms with van der Waals surface area (Å²) in [6.07, 6.45) is 10.8. The third kappa shape index (κ3) is 4.91. The number of benzene rings is 1. The van der Waals surface area contributed by atoms with Gasteiger partial charge in [-0.05, 0) is 43.9 Å². The largest absolute Gasteiger partial charge is 0.339 e. The summed E-state index contributed by atoms with van der Waals surface area (Å²) in [5.41, 5.74) is 0.470. The maximum Gasteiger partial charge on any atom is 0.253 e. The zero-order chi connectivity index (χ0) is 19.3. The van der Waals surface area contributed by atoms with E-state index in [0.717, 1.165) is 51.4 Å². The van der Waals surface area contributed by atoms with Crippen molar-refractivity contribution in [3.63, 3.8) is 0 Å². The minimum atomic E-state index is -3.54. The average Bonchev–Trinajstić information content (AvgIpc) is 3.12. The molecule has 1 aliphatic carbocycles. The molecule has 3 rings (SSSR count). The van der Waals surface area contributed by atoms with Crippen molar-refractivity contribution in [3.8, 4) is 0 Å². The van der Waals surface area contributed by atoms with Gasteiger partial charge in [0.1, 0.15) is 0 Å². The SMILES string of the molecule is CN(C(=O)c1cccc(S(=O)(=O)N2CCCCCC2)c1)C1CCCCCC1. The summed E-state index contributed by atoms with van der Waals surface area (Å²) in [6.45, 7) is 1.14. The first-order chi connectivity index (χ1) is 13.0. The maximum absolute atomic E-state index is 13.0. The van der Waals surface area contributed by atoms with Gasteiger partial charge in [-0.15, -0.1) is 0 Å². The highest BCUT2D eigenvalue weighted by atomic mass is 32.2. The van der Waals surface area contributed by atoms with Gasteiger partial charge in [0.2, 0.25) is 10.0 Å². The summed E-state index contributed by atoms with van der Waals surface area (Å²) < 4.78 is 27.6. The number of nitrogens with zero attached hydrogens (tertiary/aromatic N) is 2. The number of amides is 1. The second-order valence-corrected chi connectivity index (χ2v) is 9.85. The molecule has 0 aromatic heterocycles. The normalized spacial score (nSPS) is 20.6. The van der Waals surface area contributed by atoms with Crippen LogP contribution in [0.3, 0.4) is 0 Å². The van der Waals surface area contributed by atoms with Crippen LogP contribution in [0.5, 0.6) is 0 Å². The quantitative estimate of drug-likeness (QED) is 0.727. The molecule has 0 spiro atoms. The van der Waals surface area contributed by atoms with Crippen molar-refractivity contribution >= 4 is 15.9 Å². The molecule has 2 fully saturated rings. The first-order valence-electron chi connectivity index (χ1n) is 10.4. The van der Waals surface area contributed by atoms with Crippen molar-refractivity contribution in [2.75, 3.05) is 20.1 Å². The molecule has 2 aliphatic rings. The Morgan fingerprint density at radius 3 is 2.19 bits per heavy atom. The molecule has 5 nitrogen and oxygen atoms in total. The Bertz CT molecular complexity index is 732. The summed E-state index contributed by atoms with van der Waals surface area (Å²) in [7, 11) is -1.68. The molecule has 1 aliphatic heterocycles. The zero-order valence-electron chi connectivity index (χ0n) is 16.4. The smallest absolute Gasteiger partial charge is 0.253 e. The van der Waals surface area contributed by atoms with Crippen molar-refractivity contribution in [1.29, 1.82) is 0 Å². The van der Waals surface area contributed by atoms with Crippen LogP contribution < -0.4 is 0 Å². The van der Waals surface area contributed by atoms with Crippen molar-refractivity contribution in [2.24, 2.45) is 0 Å². The minimum absolute atomic E-state index is 0.0742. The standard InChI is InChI=1S/C21H32N2O3S/c1-22(19-12-6-2-3-7-13-19)21(24)18-11-10-14-20(17-18)27(25,26)23-15-8-4-5-9-16-23/h10-11,14,17,19H,2-9,12-13,15-16H2,1H3. The lowest BCUT2D eigenvalue weighted by molar-refractivity contribution is 0.0717. The first kappa shape index (κ1) is 20.3. The molecule has 1 saturated carbocycles. The molecule has 0 radical (unpaired) electrons. The van der Waals surface area contributed by atoms with Crippen LogP contribution in [0.4, 0.5) is 0 Å². The summed E-state index contributed by atoms with van der Waals surface area (Å²) in [5, 5.41) is 0. The van der Waals surface area contributed by atoms with E-state index in [4.69, 9.17) is 0 Å². The van der Waals surface area contributed by atoms with Gasteiger partial charge >= 0.3 is 0 Å². The van der Waals surface area contributed by atoms with Crippen molar-refractivity contribution in [2.45, 2.75) is 75.1 Å². The molecule has 0 bridgehead atoms. The molecule has 150 valence electrons. The molecule has 1 aromatic carbocycles. The average molecular weight is 393 g/mol. The van der Waals surface area contributed by atoms with Crippen LogP contribution in [-0.4, -0.2) is 49.7 Å². The summed E-state index contributed by atoms with van der Waals surface area (Å²) in [5.74, 6) is -0.0742. The third-order valence-electron chi connectivity index (χ3n) is 5.98. The molecule has 6 heteroatoms. The third-order valence-corrected chi connectivity index (χ3v) is 7.87. The fourth-order valence-corrected chi connectivity index (χ4v) is 5.80. The van der Waals surface area contributed by atoms with E-state index in [-0.39, 0.29) is 16.8 Å². The van der Waals surface area contributed by atoms with E-state index in [0.29, 0.717) is 18.7 Å². The van der Waals surface area contributed by atoms with E-state index in [9.17, 15) is 13.2 Å². The monoisotopic (exact) mass is 392 g/mol. The lowest BCUT2D eigenvalue weighted by Gasteiger charge is -2.27. The lowest BCUT2D eigenvalue weighted by atomic mass is 10.1. The van der Waals surface area contributed by atoms with E-state index in [1.807, 2.05) is 11.9 Å². The van der Waals surface area contributed by atoms with Gasteiger partial charge in [0.05, 0.1) is 4.90 Å². The molecule has 1 amide bonds. The summed E-state index contributed by atoms with van der Waals surface area (Å²) >= 11 is 0. The van der Waals surface area contributed by atoms with Gasteiger partial charge in [0.15, 0.2) is 0 Å². The predicted molar refractivity (Wildman–Crippen MR) is 107 cm³/mol. The topological polar surface area (TPSA) is 57.7 Å². The highest BCUT2D eigenvalue weighted by molar-refractivity contribution is 7.89. The fourth-order valence-electron chi connectivity index (χ4n) is 4.24. The van der Waals surface area contributed by atoms with Crippen molar-refractivity contribution in [3.05, 3.63) is 29.8 Å².